The summed E-state index contributed by atoms with van der Waals surface area (Å²) in [7, 11) is 0. The average Bonchev–Trinajstić information content (AvgIpc) is 3.69. The standard InChI is InChI=1S/C22H23FN4O3S.C16H24N4O2S2.C8H6BrFO.H3P/c23-16-3-1-2-15(14-16)19(28)20-21(24)26-22(31-20)25-17-4-6-18(7-5-17)30-13-10-27-8-11-29-12-9-27;1-2-24-15(17)19-16(23)18-13-3-5-14(6-4-13)22-12-9-20-7-10-21-11-8-20;9-5-8(11)6-2-1-3-7(10)4-6;/h1-7,14H,8-13,24H2,(H,25,26);3-6H,2,7-12H2,1H3,(H3,17,18,19,23);1-4H,5H2;1H3. The highest BCUT2D eigenvalue weighted by Crippen LogP contribution is 2.30. The zero-order chi connectivity index (χ0) is 47.1. The number of hydrogen-bond acceptors (Lipinski definition) is 14. The van der Waals surface area contributed by atoms with Crippen molar-refractivity contribution in [1.82, 2.24) is 14.8 Å². The topological polar surface area (TPSA) is 179 Å². The van der Waals surface area contributed by atoms with E-state index in [1.165, 1.54) is 48.2 Å². The first-order valence-electron chi connectivity index (χ1n) is 21.0. The molecule has 6 N–H and O–H groups in total. The molecule has 21 heteroatoms. The van der Waals surface area contributed by atoms with Crippen LogP contribution in [0.15, 0.2) is 102 Å². The van der Waals surface area contributed by atoms with Gasteiger partial charge in [0.05, 0.1) is 31.8 Å². The second-order valence-electron chi connectivity index (χ2n) is 14.2. The van der Waals surface area contributed by atoms with E-state index < -0.39 is 5.82 Å². The number of halogens is 3. The van der Waals surface area contributed by atoms with Gasteiger partial charge in [0.2, 0.25) is 5.78 Å². The van der Waals surface area contributed by atoms with Gasteiger partial charge in [-0.15, -0.1) is 0 Å². The summed E-state index contributed by atoms with van der Waals surface area (Å²) in [6, 6.07) is 26.3. The molecule has 2 saturated heterocycles. The molecule has 0 aliphatic carbocycles. The number of aliphatic imine (C=N–C) groups is 1. The number of ether oxygens (including phenoxy) is 4. The fourth-order valence-electron chi connectivity index (χ4n) is 6.11. The summed E-state index contributed by atoms with van der Waals surface area (Å²) >= 11 is 10.8. The number of Topliss-reactive ketones (excluding diaryl/α,β-unsaturated/α-hetero) is 1. The van der Waals surface area contributed by atoms with Gasteiger partial charge in [0.1, 0.15) is 47.0 Å². The Morgan fingerprint density at radius 1 is 0.836 bits per heavy atom. The lowest BCUT2D eigenvalue weighted by Crippen LogP contribution is -2.38. The highest BCUT2D eigenvalue weighted by molar-refractivity contribution is 9.09. The zero-order valence-electron chi connectivity index (χ0n) is 37.1. The minimum atomic E-state index is -0.473. The zero-order valence-corrected chi connectivity index (χ0v) is 42.5. The van der Waals surface area contributed by atoms with Gasteiger partial charge in [-0.05, 0) is 90.8 Å². The lowest BCUT2D eigenvalue weighted by molar-refractivity contribution is 0.0321. The van der Waals surface area contributed by atoms with Crippen LogP contribution in [0, 0.1) is 11.6 Å². The number of nitrogens with zero attached hydrogens (tertiary/aromatic N) is 4. The van der Waals surface area contributed by atoms with Crippen LogP contribution in [0.5, 0.6) is 11.5 Å². The van der Waals surface area contributed by atoms with Crippen molar-refractivity contribution in [3.8, 4) is 11.5 Å². The molecule has 0 radical (unpaired) electrons. The van der Waals surface area contributed by atoms with Crippen LogP contribution in [0.2, 0.25) is 0 Å². The molecule has 5 aromatic rings. The second-order valence-corrected chi connectivity index (χ2v) is 17.5. The van der Waals surface area contributed by atoms with Crippen molar-refractivity contribution >= 4 is 105 Å². The molecule has 4 aromatic carbocycles. The molecule has 2 fully saturated rings. The minimum Gasteiger partial charge on any atom is -0.492 e. The van der Waals surface area contributed by atoms with E-state index in [1.54, 1.807) is 12.1 Å². The Kier molecular flexibility index (Phi) is 24.6. The number of nitrogens with one attached hydrogen (secondary N) is 2. The number of carbonyl (C=O) groups is 2. The SMILES string of the molecule is CCSC(N)=NC(=S)Nc1ccc(OCCN2CCOCC2)cc1.Nc1nc(Nc2ccc(OCCN3CCOCC3)cc2)sc1C(=O)c1cccc(F)c1.O=C(CBr)c1cccc(F)c1.P. The number of benzene rings is 4. The predicted molar refractivity (Wildman–Crippen MR) is 280 cm³/mol. The van der Waals surface area contributed by atoms with Crippen LogP contribution < -0.4 is 31.6 Å². The Morgan fingerprint density at radius 3 is 1.85 bits per heavy atom. The number of hydrogen-bond donors (Lipinski definition) is 4. The Labute approximate surface area is 415 Å². The van der Waals surface area contributed by atoms with Gasteiger partial charge in [-0.3, -0.25) is 19.4 Å². The van der Waals surface area contributed by atoms with E-state index in [9.17, 15) is 18.4 Å². The lowest BCUT2D eigenvalue weighted by atomic mass is 10.1. The van der Waals surface area contributed by atoms with Crippen LogP contribution >= 0.6 is 61.1 Å². The first-order chi connectivity index (χ1) is 32.0. The van der Waals surface area contributed by atoms with Gasteiger partial charge in [-0.25, -0.2) is 13.8 Å². The molecule has 67 heavy (non-hydrogen) atoms. The summed E-state index contributed by atoms with van der Waals surface area (Å²) in [5.74, 6) is 1.29. The summed E-state index contributed by atoms with van der Waals surface area (Å²) in [5.41, 5.74) is 13.9. The summed E-state index contributed by atoms with van der Waals surface area (Å²) in [6.07, 6.45) is 0. The highest BCUT2D eigenvalue weighted by Gasteiger charge is 2.19. The van der Waals surface area contributed by atoms with E-state index in [4.69, 9.17) is 42.6 Å². The van der Waals surface area contributed by atoms with E-state index in [0.717, 1.165) is 106 Å². The summed E-state index contributed by atoms with van der Waals surface area (Å²) < 4.78 is 48.2. The number of rotatable bonds is 16. The normalized spacial score (nSPS) is 13.9. The molecule has 14 nitrogen and oxygen atoms in total. The monoisotopic (exact) mass is 1060 g/mol. The molecule has 0 saturated carbocycles. The maximum Gasteiger partial charge on any atom is 0.206 e. The van der Waals surface area contributed by atoms with Gasteiger partial charge in [0.25, 0.3) is 0 Å². The molecule has 2 aliphatic rings. The first kappa shape index (κ1) is 55.0. The van der Waals surface area contributed by atoms with Gasteiger partial charge in [-0.1, -0.05) is 70.2 Å². The maximum absolute atomic E-state index is 13.4. The van der Waals surface area contributed by atoms with Crippen LogP contribution in [0.3, 0.4) is 0 Å². The molecular weight excluding hydrogens is 1010 g/mol. The van der Waals surface area contributed by atoms with Gasteiger partial charge >= 0.3 is 0 Å². The average molecular weight is 1060 g/mol. The summed E-state index contributed by atoms with van der Waals surface area (Å²) in [5, 5.41) is 7.72. The van der Waals surface area contributed by atoms with Crippen LogP contribution in [0.1, 0.15) is 32.5 Å². The number of nitrogens with two attached hydrogens (primary N) is 2. The highest BCUT2D eigenvalue weighted by atomic mass is 79.9. The van der Waals surface area contributed by atoms with Crippen molar-refractivity contribution in [2.75, 3.05) is 106 Å². The van der Waals surface area contributed by atoms with Gasteiger partial charge in [0, 0.05) is 61.8 Å². The van der Waals surface area contributed by atoms with Crippen LogP contribution in [0.25, 0.3) is 0 Å². The molecule has 1 unspecified atom stereocenters. The van der Waals surface area contributed by atoms with Gasteiger partial charge in [-0.2, -0.15) is 14.9 Å². The van der Waals surface area contributed by atoms with E-state index >= 15 is 0 Å². The van der Waals surface area contributed by atoms with Gasteiger partial charge in [0.15, 0.2) is 21.2 Å². The third-order valence-corrected chi connectivity index (χ3v) is 11.9. The third-order valence-electron chi connectivity index (χ3n) is 9.49. The fraction of sp³-hybridized carbons (Fsp3) is 0.326. The van der Waals surface area contributed by atoms with E-state index in [1.807, 2.05) is 55.5 Å². The van der Waals surface area contributed by atoms with Crippen molar-refractivity contribution in [2.24, 2.45) is 10.7 Å². The largest absolute Gasteiger partial charge is 0.492 e. The molecule has 7 rings (SSSR count). The number of alkyl halides is 1. The van der Waals surface area contributed by atoms with E-state index in [0.29, 0.717) is 34.2 Å². The Bertz CT molecular complexity index is 2340. The van der Waals surface area contributed by atoms with Crippen molar-refractivity contribution in [3.63, 3.8) is 0 Å². The molecule has 0 spiro atoms. The lowest BCUT2D eigenvalue weighted by Gasteiger charge is -2.26. The number of nitrogen functional groups attached to an aromatic ring is 1. The number of anilines is 4. The first-order valence-corrected chi connectivity index (χ1v) is 24.3. The molecular formula is C46H56BrF2N8O6PS3. The fourth-order valence-corrected chi connectivity index (χ4v) is 8.02. The number of thiazole rings is 1. The minimum absolute atomic E-state index is 0. The molecule has 0 bridgehead atoms. The second kappa shape index (κ2) is 30.0. The van der Waals surface area contributed by atoms with E-state index in [-0.39, 0.29) is 48.9 Å². The molecule has 360 valence electrons. The number of thioether (sulfide) groups is 1. The number of carbonyl (C=O) groups excluding carboxylic acids is 2. The van der Waals surface area contributed by atoms with Crippen molar-refractivity contribution in [1.29, 1.82) is 0 Å². The summed E-state index contributed by atoms with van der Waals surface area (Å²) in [6.45, 7) is 12.1. The van der Waals surface area contributed by atoms with Crippen LogP contribution in [-0.4, -0.2) is 127 Å². The Morgan fingerprint density at radius 2 is 1.34 bits per heavy atom. The summed E-state index contributed by atoms with van der Waals surface area (Å²) in [4.78, 5) is 36.8. The Hall–Kier alpha value is -4.63. The number of aromatic nitrogens is 1. The van der Waals surface area contributed by atoms with Crippen molar-refractivity contribution in [2.45, 2.75) is 6.92 Å². The van der Waals surface area contributed by atoms with Crippen molar-refractivity contribution in [3.05, 3.63) is 125 Å². The van der Waals surface area contributed by atoms with Crippen LogP contribution in [0.4, 0.5) is 31.1 Å². The van der Waals surface area contributed by atoms with Crippen LogP contribution in [-0.2, 0) is 9.47 Å². The predicted octanol–water partition coefficient (Wildman–Crippen LogP) is 8.17. The molecule has 0 amide bonds. The molecule has 3 heterocycles. The number of ketones is 2. The quantitative estimate of drug-likeness (QED) is 0.0186. The molecule has 1 aromatic heterocycles. The number of thiocarbonyl (C=S) groups is 1. The smallest absolute Gasteiger partial charge is 0.206 e. The number of morpholine rings is 2. The van der Waals surface area contributed by atoms with Crippen molar-refractivity contribution < 1.29 is 37.3 Å². The maximum atomic E-state index is 13.4. The number of amidine groups is 1. The van der Waals surface area contributed by atoms with E-state index in [2.05, 4.69) is 46.3 Å². The van der Waals surface area contributed by atoms with Gasteiger partial charge < -0.3 is 41.0 Å². The molecule has 2 aliphatic heterocycles. The Balaban J connectivity index is 0.000000241. The molecule has 1 atom stereocenters. The third kappa shape index (κ3) is 19.9.